The Morgan fingerprint density at radius 1 is 1.03 bits per heavy atom. The van der Waals surface area contributed by atoms with Crippen LogP contribution in [0.25, 0.3) is 28.4 Å². The molecule has 0 aliphatic rings. The molecule has 0 atom stereocenters. The molecule has 154 valence electrons. The molecule has 0 spiro atoms. The molecule has 0 aliphatic carbocycles. The fourth-order valence-electron chi connectivity index (χ4n) is 2.97. The second kappa shape index (κ2) is 7.82. The lowest BCUT2D eigenvalue weighted by molar-refractivity contribution is 0.116. The van der Waals surface area contributed by atoms with Crippen molar-refractivity contribution in [3.63, 3.8) is 0 Å². The van der Waals surface area contributed by atoms with Crippen LogP contribution < -0.4 is 0 Å². The Bertz CT molecular complexity index is 1300. The molecule has 0 fully saturated rings. The van der Waals surface area contributed by atoms with E-state index in [-0.39, 0.29) is 5.89 Å². The summed E-state index contributed by atoms with van der Waals surface area (Å²) in [5.41, 5.74) is 3.50. The summed E-state index contributed by atoms with van der Waals surface area (Å²) in [6, 6.07) is 11.1. The van der Waals surface area contributed by atoms with Crippen molar-refractivity contribution in [2.45, 2.75) is 13.0 Å². The second-order valence-electron chi connectivity index (χ2n) is 6.44. The molecule has 0 radical (unpaired) electrons. The van der Waals surface area contributed by atoms with E-state index in [1.807, 2.05) is 24.3 Å². The van der Waals surface area contributed by atoms with Gasteiger partial charge in [-0.3, -0.25) is 4.98 Å². The monoisotopic (exact) mass is 421 g/mol. The van der Waals surface area contributed by atoms with Gasteiger partial charge >= 0.3 is 6.43 Å². The van der Waals surface area contributed by atoms with Gasteiger partial charge in [-0.1, -0.05) is 23.4 Å². The number of aromatic nitrogens is 9. The Balaban J connectivity index is 1.35. The number of halogens is 2. The lowest BCUT2D eigenvalue weighted by Crippen LogP contribution is -2.02. The van der Waals surface area contributed by atoms with E-state index < -0.39 is 12.3 Å². The average Bonchev–Trinajstić information content (AvgIpc) is 3.56. The molecule has 0 N–H and O–H groups in total. The van der Waals surface area contributed by atoms with Crippen molar-refractivity contribution in [2.24, 2.45) is 0 Å². The van der Waals surface area contributed by atoms with Crippen molar-refractivity contribution >= 4 is 0 Å². The summed E-state index contributed by atoms with van der Waals surface area (Å²) in [6.45, 7) is 0.366. The molecular formula is C19H13F2N9O. The van der Waals surface area contributed by atoms with E-state index in [0.29, 0.717) is 23.5 Å². The number of hydrogen-bond acceptors (Lipinski definition) is 8. The first-order valence-electron chi connectivity index (χ1n) is 9.09. The maximum absolute atomic E-state index is 12.6. The molecule has 12 heteroatoms. The molecular weight excluding hydrogens is 408 g/mol. The molecule has 0 unspecified atom stereocenters. The van der Waals surface area contributed by atoms with Gasteiger partial charge in [-0.2, -0.15) is 13.9 Å². The Kier molecular flexibility index (Phi) is 4.71. The van der Waals surface area contributed by atoms with Gasteiger partial charge in [0.25, 0.3) is 5.89 Å². The van der Waals surface area contributed by atoms with Crippen LogP contribution in [0.3, 0.4) is 0 Å². The lowest BCUT2D eigenvalue weighted by Gasteiger charge is -2.05. The fraction of sp³-hybridized carbons (Fsp3) is 0.105. The minimum Gasteiger partial charge on any atom is -0.415 e. The largest absolute Gasteiger partial charge is 0.415 e. The summed E-state index contributed by atoms with van der Waals surface area (Å²) < 4.78 is 33.4. The quantitative estimate of drug-likeness (QED) is 0.411. The summed E-state index contributed by atoms with van der Waals surface area (Å²) in [7, 11) is 0. The van der Waals surface area contributed by atoms with E-state index in [2.05, 4.69) is 35.6 Å². The normalized spacial score (nSPS) is 11.3. The summed E-state index contributed by atoms with van der Waals surface area (Å²) in [4.78, 5) is 8.30. The molecule has 0 saturated carbocycles. The lowest BCUT2D eigenvalue weighted by atomic mass is 10.1. The summed E-state index contributed by atoms with van der Waals surface area (Å²) >= 11 is 0. The highest BCUT2D eigenvalue weighted by Crippen LogP contribution is 2.25. The van der Waals surface area contributed by atoms with Crippen LogP contribution >= 0.6 is 0 Å². The van der Waals surface area contributed by atoms with Crippen molar-refractivity contribution in [1.29, 1.82) is 0 Å². The molecule has 1 aromatic carbocycles. The van der Waals surface area contributed by atoms with Gasteiger partial charge in [0.15, 0.2) is 0 Å². The topological polar surface area (TPSA) is 113 Å². The van der Waals surface area contributed by atoms with Gasteiger partial charge in [0.05, 0.1) is 29.7 Å². The van der Waals surface area contributed by atoms with Gasteiger partial charge in [-0.05, 0) is 18.2 Å². The SMILES string of the molecule is FC(F)c1nnc(-c2ccc(Cn3cc(-c4ccccc4-n4cncn4)nn3)nc2)o1. The molecule has 0 saturated heterocycles. The standard InChI is InChI=1S/C19H13F2N9O/c20-17(21)19-27-26-18(31-19)12-5-6-13(23-7-12)8-29-9-15(25-28-29)14-3-1-2-4-16(14)30-11-22-10-24-30/h1-7,9-11,17H,8H2. The van der Waals surface area contributed by atoms with E-state index in [0.717, 1.165) is 11.3 Å². The smallest absolute Gasteiger partial charge is 0.314 e. The molecule has 10 nitrogen and oxygen atoms in total. The van der Waals surface area contributed by atoms with E-state index >= 15 is 0 Å². The highest BCUT2D eigenvalue weighted by molar-refractivity contribution is 5.68. The molecule has 4 heterocycles. The van der Waals surface area contributed by atoms with Crippen molar-refractivity contribution in [2.75, 3.05) is 0 Å². The average molecular weight is 421 g/mol. The number of pyridine rings is 1. The molecule has 4 aromatic heterocycles. The molecule has 0 aliphatic heterocycles. The number of alkyl halides is 2. The fourth-order valence-corrected chi connectivity index (χ4v) is 2.97. The Labute approximate surface area is 173 Å². The van der Waals surface area contributed by atoms with Crippen LogP contribution in [0.1, 0.15) is 18.0 Å². The number of rotatable bonds is 6. The third-order valence-corrected chi connectivity index (χ3v) is 4.41. The van der Waals surface area contributed by atoms with Gasteiger partial charge in [0.1, 0.15) is 18.3 Å². The van der Waals surface area contributed by atoms with Crippen molar-refractivity contribution in [3.8, 4) is 28.4 Å². The second-order valence-corrected chi connectivity index (χ2v) is 6.44. The first-order valence-corrected chi connectivity index (χ1v) is 9.09. The van der Waals surface area contributed by atoms with Gasteiger partial charge in [-0.15, -0.1) is 15.3 Å². The first kappa shape index (κ1) is 18.7. The summed E-state index contributed by atoms with van der Waals surface area (Å²) in [5, 5.41) is 19.5. The van der Waals surface area contributed by atoms with Crippen LogP contribution in [0.15, 0.2) is 65.9 Å². The summed E-state index contributed by atoms with van der Waals surface area (Å²) in [5.74, 6) is -0.734. The van der Waals surface area contributed by atoms with Crippen LogP contribution in [0.5, 0.6) is 0 Å². The van der Waals surface area contributed by atoms with E-state index in [1.165, 1.54) is 12.5 Å². The zero-order valence-electron chi connectivity index (χ0n) is 15.7. The first-order chi connectivity index (χ1) is 15.2. The highest BCUT2D eigenvalue weighted by atomic mass is 19.3. The number of hydrogen-bond donors (Lipinski definition) is 0. The third kappa shape index (κ3) is 3.77. The van der Waals surface area contributed by atoms with Crippen molar-refractivity contribution in [3.05, 3.63) is 73.0 Å². The minimum atomic E-state index is -2.82. The zero-order chi connectivity index (χ0) is 21.2. The van der Waals surface area contributed by atoms with Gasteiger partial charge < -0.3 is 4.42 Å². The summed E-state index contributed by atoms with van der Waals surface area (Å²) in [6.07, 6.45) is 3.55. The zero-order valence-corrected chi connectivity index (χ0v) is 15.7. The Hall–Kier alpha value is -4.35. The minimum absolute atomic E-state index is 0.0119. The predicted molar refractivity (Wildman–Crippen MR) is 102 cm³/mol. The predicted octanol–water partition coefficient (Wildman–Crippen LogP) is 2.96. The Morgan fingerprint density at radius 3 is 2.68 bits per heavy atom. The molecule has 5 aromatic rings. The van der Waals surface area contributed by atoms with Gasteiger partial charge in [0, 0.05) is 11.8 Å². The van der Waals surface area contributed by atoms with Crippen molar-refractivity contribution < 1.29 is 13.2 Å². The van der Waals surface area contributed by atoms with Gasteiger partial charge in [-0.25, -0.2) is 14.3 Å². The molecule has 5 rings (SSSR count). The van der Waals surface area contributed by atoms with E-state index in [4.69, 9.17) is 4.42 Å². The molecule has 0 amide bonds. The maximum atomic E-state index is 12.6. The van der Waals surface area contributed by atoms with Gasteiger partial charge in [0.2, 0.25) is 5.89 Å². The Morgan fingerprint density at radius 2 is 1.94 bits per heavy atom. The van der Waals surface area contributed by atoms with Crippen LogP contribution in [0.2, 0.25) is 0 Å². The van der Waals surface area contributed by atoms with Crippen LogP contribution in [-0.2, 0) is 6.54 Å². The van der Waals surface area contributed by atoms with Crippen molar-refractivity contribution in [1.82, 2.24) is 44.9 Å². The number of para-hydroxylation sites is 1. The number of nitrogens with zero attached hydrogens (tertiary/aromatic N) is 9. The van der Waals surface area contributed by atoms with Crippen LogP contribution in [0, 0.1) is 0 Å². The number of benzene rings is 1. The molecule has 31 heavy (non-hydrogen) atoms. The maximum Gasteiger partial charge on any atom is 0.314 e. The third-order valence-electron chi connectivity index (χ3n) is 4.41. The van der Waals surface area contributed by atoms with Crippen LogP contribution in [0.4, 0.5) is 8.78 Å². The van der Waals surface area contributed by atoms with Crippen LogP contribution in [-0.4, -0.2) is 44.9 Å². The van der Waals surface area contributed by atoms with E-state index in [1.54, 1.807) is 34.0 Å². The van der Waals surface area contributed by atoms with E-state index in [9.17, 15) is 8.78 Å². The molecule has 0 bridgehead atoms. The highest BCUT2D eigenvalue weighted by Gasteiger charge is 2.17.